The third-order valence-corrected chi connectivity index (χ3v) is 9.29. The Morgan fingerprint density at radius 2 is 1.72 bits per heavy atom. The molecule has 2 saturated heterocycles. The number of halogens is 4. The van der Waals surface area contributed by atoms with Gasteiger partial charge in [-0.05, 0) is 51.8 Å². The summed E-state index contributed by atoms with van der Waals surface area (Å²) in [6.07, 6.45) is -2.13. The van der Waals surface area contributed by atoms with Crippen molar-refractivity contribution in [2.75, 3.05) is 37.6 Å². The number of rotatable bonds is 9. The second-order valence-electron chi connectivity index (χ2n) is 11.5. The molecule has 232 valence electrons. The lowest BCUT2D eigenvalue weighted by molar-refractivity contribution is -0.138. The Bertz CT molecular complexity index is 1450. The van der Waals surface area contributed by atoms with Crippen molar-refractivity contribution >= 4 is 23.1 Å². The van der Waals surface area contributed by atoms with Gasteiger partial charge in [0.25, 0.3) is 0 Å². The highest BCUT2D eigenvalue weighted by molar-refractivity contribution is 7.12. The zero-order valence-electron chi connectivity index (χ0n) is 24.5. The Hall–Kier alpha value is -3.16. The average Bonchev–Trinajstić information content (AvgIpc) is 3.48. The van der Waals surface area contributed by atoms with Crippen LogP contribution in [0.2, 0.25) is 0 Å². The van der Waals surface area contributed by atoms with E-state index in [4.69, 9.17) is 10.1 Å². The first-order valence-corrected chi connectivity index (χ1v) is 15.3. The zero-order valence-corrected chi connectivity index (χ0v) is 25.3. The van der Waals surface area contributed by atoms with E-state index < -0.39 is 23.5 Å². The number of aromatic nitrogens is 3. The number of piperazine rings is 1. The average molecular weight is 621 g/mol. The number of hydrogen-bond donors (Lipinski definition) is 1. The fraction of sp³-hybridized carbons (Fsp3) is 0.533. The molecule has 13 heteroatoms. The number of carboxylic acids is 1. The maximum Gasteiger partial charge on any atom is 0.416 e. The monoisotopic (exact) mass is 620 g/mol. The van der Waals surface area contributed by atoms with Crippen LogP contribution in [-0.2, 0) is 23.9 Å². The smallest absolute Gasteiger partial charge is 0.416 e. The molecule has 0 aliphatic carbocycles. The van der Waals surface area contributed by atoms with E-state index >= 15 is 0 Å². The maximum absolute atomic E-state index is 14.4. The molecule has 1 N–H and O–H groups in total. The van der Waals surface area contributed by atoms with E-state index in [2.05, 4.69) is 38.5 Å². The second-order valence-corrected chi connectivity index (χ2v) is 12.6. The molecule has 0 radical (unpaired) electrons. The number of hydrogen-bond acceptors (Lipinski definition) is 8. The third kappa shape index (κ3) is 7.68. The molecule has 2 fully saturated rings. The Labute approximate surface area is 252 Å². The lowest BCUT2D eigenvalue weighted by Gasteiger charge is -2.35. The van der Waals surface area contributed by atoms with Crippen molar-refractivity contribution in [3.05, 3.63) is 57.0 Å². The minimum atomic E-state index is -4.68. The highest BCUT2D eigenvalue weighted by Crippen LogP contribution is 2.37. The van der Waals surface area contributed by atoms with Crippen LogP contribution in [0.3, 0.4) is 0 Å². The number of alkyl halides is 3. The van der Waals surface area contributed by atoms with Crippen LogP contribution < -0.4 is 4.90 Å². The summed E-state index contributed by atoms with van der Waals surface area (Å²) in [5.74, 6) is -0.392. The van der Waals surface area contributed by atoms with Crippen LogP contribution in [0, 0.1) is 12.7 Å². The number of likely N-dealkylation sites (tertiary alicyclic amines) is 1. The molecular weight excluding hydrogens is 584 g/mol. The molecular formula is C30H36F4N6O2S. The number of carbonyl (C=O) groups is 1. The summed E-state index contributed by atoms with van der Waals surface area (Å²) in [5.41, 5.74) is 0.190. The topological polar surface area (TPSA) is 85.7 Å². The normalized spacial score (nSPS) is 20.2. The molecule has 2 aliphatic heterocycles. The van der Waals surface area contributed by atoms with E-state index in [0.29, 0.717) is 67.3 Å². The molecule has 1 aromatic carbocycles. The SMILES string of the molecule is Cc1nc(Cc2nc(-c3cc(F)cc(C(F)(F)F)c3)c(CN3[C@H](C)CC[C@H]3C)s2)cc(N2CCN(CCC(=O)O)CC2)n1. The van der Waals surface area contributed by atoms with Crippen LogP contribution in [-0.4, -0.2) is 80.6 Å². The van der Waals surface area contributed by atoms with Crippen molar-refractivity contribution in [2.24, 2.45) is 0 Å². The number of aliphatic carboxylic acids is 1. The molecule has 0 spiro atoms. The van der Waals surface area contributed by atoms with Gasteiger partial charge in [-0.15, -0.1) is 11.3 Å². The highest BCUT2D eigenvalue weighted by atomic mass is 32.1. The van der Waals surface area contributed by atoms with Crippen molar-refractivity contribution in [1.82, 2.24) is 24.8 Å². The van der Waals surface area contributed by atoms with E-state index in [1.807, 2.05) is 13.0 Å². The van der Waals surface area contributed by atoms with Gasteiger partial charge in [-0.3, -0.25) is 14.6 Å². The number of benzene rings is 1. The van der Waals surface area contributed by atoms with Crippen molar-refractivity contribution in [3.8, 4) is 11.3 Å². The summed E-state index contributed by atoms with van der Waals surface area (Å²) in [7, 11) is 0. The molecule has 0 unspecified atom stereocenters. The lowest BCUT2D eigenvalue weighted by atomic mass is 10.1. The highest BCUT2D eigenvalue weighted by Gasteiger charge is 2.33. The summed E-state index contributed by atoms with van der Waals surface area (Å²) >= 11 is 1.43. The number of nitrogens with zero attached hydrogens (tertiary/aromatic N) is 6. The third-order valence-electron chi connectivity index (χ3n) is 8.25. The molecule has 4 heterocycles. The van der Waals surface area contributed by atoms with E-state index in [9.17, 15) is 22.4 Å². The van der Waals surface area contributed by atoms with Crippen LogP contribution in [0.15, 0.2) is 24.3 Å². The first-order chi connectivity index (χ1) is 20.4. The molecule has 0 saturated carbocycles. The maximum atomic E-state index is 14.4. The minimum Gasteiger partial charge on any atom is -0.481 e. The largest absolute Gasteiger partial charge is 0.481 e. The standard InChI is InChI=1S/C30H36F4N6O2S/c1-18-4-5-19(2)40(18)17-25-29(21-12-22(30(32,33)34)14-23(31)13-21)37-27(43-25)16-24-15-26(36-20(3)35-24)39-10-8-38(9-11-39)7-6-28(41)42/h12-15,18-19H,4-11,16-17H2,1-3H3,(H,41,42)/t18-,19-/m1/s1. The zero-order chi connectivity index (χ0) is 30.9. The van der Waals surface area contributed by atoms with Crippen LogP contribution >= 0.6 is 11.3 Å². The molecule has 0 bridgehead atoms. The first kappa shape index (κ1) is 31.3. The van der Waals surface area contributed by atoms with Gasteiger partial charge in [-0.2, -0.15) is 13.2 Å². The molecule has 2 aromatic heterocycles. The van der Waals surface area contributed by atoms with Gasteiger partial charge in [0.2, 0.25) is 0 Å². The van der Waals surface area contributed by atoms with Crippen LogP contribution in [0.1, 0.15) is 60.1 Å². The van der Waals surface area contributed by atoms with Crippen molar-refractivity contribution < 1.29 is 27.5 Å². The van der Waals surface area contributed by atoms with E-state index in [0.717, 1.165) is 54.5 Å². The summed E-state index contributed by atoms with van der Waals surface area (Å²) < 4.78 is 55.2. The van der Waals surface area contributed by atoms with Crippen molar-refractivity contribution in [2.45, 2.75) is 71.3 Å². The minimum absolute atomic E-state index is 0.108. The molecule has 0 amide bonds. The Balaban J connectivity index is 1.41. The molecule has 2 aliphatic rings. The van der Waals surface area contributed by atoms with Gasteiger partial charge in [0.05, 0.1) is 28.4 Å². The molecule has 8 nitrogen and oxygen atoms in total. The predicted octanol–water partition coefficient (Wildman–Crippen LogP) is 5.63. The van der Waals surface area contributed by atoms with Crippen LogP contribution in [0.25, 0.3) is 11.3 Å². The quantitative estimate of drug-likeness (QED) is 0.309. The van der Waals surface area contributed by atoms with E-state index in [1.165, 1.54) is 11.3 Å². The number of aryl methyl sites for hydroxylation is 1. The van der Waals surface area contributed by atoms with Gasteiger partial charge in [0.1, 0.15) is 17.5 Å². The summed E-state index contributed by atoms with van der Waals surface area (Å²) in [6.45, 7) is 10.00. The predicted molar refractivity (Wildman–Crippen MR) is 157 cm³/mol. The van der Waals surface area contributed by atoms with Gasteiger partial charge in [-0.25, -0.2) is 19.3 Å². The second kappa shape index (κ2) is 12.8. The number of anilines is 1. The van der Waals surface area contributed by atoms with Gasteiger partial charge in [0, 0.05) is 74.3 Å². The fourth-order valence-corrected chi connectivity index (χ4v) is 7.01. The van der Waals surface area contributed by atoms with Gasteiger partial charge in [-0.1, -0.05) is 0 Å². The number of thiazole rings is 1. The van der Waals surface area contributed by atoms with Crippen molar-refractivity contribution in [1.29, 1.82) is 0 Å². The Kier molecular flexibility index (Phi) is 9.33. The molecule has 2 atom stereocenters. The lowest BCUT2D eigenvalue weighted by Crippen LogP contribution is -2.47. The fourth-order valence-electron chi connectivity index (χ4n) is 5.90. The van der Waals surface area contributed by atoms with Gasteiger partial charge >= 0.3 is 12.1 Å². The van der Waals surface area contributed by atoms with E-state index in [-0.39, 0.29) is 12.0 Å². The summed E-state index contributed by atoms with van der Waals surface area (Å²) in [6, 6.07) is 5.17. The van der Waals surface area contributed by atoms with Gasteiger partial charge in [0.15, 0.2) is 0 Å². The Morgan fingerprint density at radius 3 is 2.37 bits per heavy atom. The summed E-state index contributed by atoms with van der Waals surface area (Å²) in [4.78, 5) is 32.3. The van der Waals surface area contributed by atoms with Crippen molar-refractivity contribution in [3.63, 3.8) is 0 Å². The van der Waals surface area contributed by atoms with Crippen LogP contribution in [0.4, 0.5) is 23.4 Å². The summed E-state index contributed by atoms with van der Waals surface area (Å²) in [5, 5.41) is 9.65. The Morgan fingerprint density at radius 1 is 1.02 bits per heavy atom. The van der Waals surface area contributed by atoms with Crippen LogP contribution in [0.5, 0.6) is 0 Å². The van der Waals surface area contributed by atoms with Gasteiger partial charge < -0.3 is 10.0 Å². The molecule has 5 rings (SSSR count). The number of carboxylic acid groups (broad SMARTS) is 1. The van der Waals surface area contributed by atoms with E-state index in [1.54, 1.807) is 0 Å². The molecule has 3 aromatic rings. The molecule has 43 heavy (non-hydrogen) atoms. The first-order valence-electron chi connectivity index (χ1n) is 14.5.